The van der Waals surface area contributed by atoms with Crippen LogP contribution in [-0.4, -0.2) is 28.6 Å². The highest BCUT2D eigenvalue weighted by Crippen LogP contribution is 2.26. The zero-order valence-corrected chi connectivity index (χ0v) is 12.5. The lowest BCUT2D eigenvalue weighted by molar-refractivity contribution is 0.114. The number of benzene rings is 1. The van der Waals surface area contributed by atoms with E-state index in [1.165, 1.54) is 29.3 Å². The summed E-state index contributed by atoms with van der Waals surface area (Å²) in [6.07, 6.45) is 4.83. The van der Waals surface area contributed by atoms with Crippen LogP contribution in [0.15, 0.2) is 30.5 Å². The molecule has 1 aromatic heterocycles. The number of aromatic nitrogens is 1. The van der Waals surface area contributed by atoms with Gasteiger partial charge in [0.05, 0.1) is 0 Å². The molecule has 2 unspecified atom stereocenters. The van der Waals surface area contributed by atoms with Gasteiger partial charge in [0.1, 0.15) is 0 Å². The van der Waals surface area contributed by atoms with Gasteiger partial charge in [-0.15, -0.1) is 0 Å². The maximum Gasteiger partial charge on any atom is 0.0481 e. The van der Waals surface area contributed by atoms with Gasteiger partial charge in [-0.1, -0.05) is 18.2 Å². The molecule has 20 heavy (non-hydrogen) atoms. The van der Waals surface area contributed by atoms with Gasteiger partial charge in [0, 0.05) is 43.3 Å². The minimum absolute atomic E-state index is 0.664. The highest BCUT2D eigenvalue weighted by Gasteiger charge is 2.25. The quantitative estimate of drug-likeness (QED) is 0.931. The second-order valence-electron chi connectivity index (χ2n) is 6.24. The molecule has 1 fully saturated rings. The Hall–Kier alpha value is -1.32. The van der Waals surface area contributed by atoms with E-state index in [9.17, 15) is 0 Å². The largest absolute Gasteiger partial charge is 0.350 e. The summed E-state index contributed by atoms with van der Waals surface area (Å²) in [4.78, 5) is 2.60. The SMILES string of the molecule is CC1CCC(CN)CN1Cc1cn(C)c2ccccc12. The van der Waals surface area contributed by atoms with Gasteiger partial charge in [-0.05, 0) is 43.9 Å². The molecule has 1 saturated heterocycles. The van der Waals surface area contributed by atoms with E-state index in [0.717, 1.165) is 19.6 Å². The fourth-order valence-electron chi connectivity index (χ4n) is 3.45. The van der Waals surface area contributed by atoms with Crippen molar-refractivity contribution in [2.75, 3.05) is 13.1 Å². The predicted octanol–water partition coefficient (Wildman–Crippen LogP) is 2.74. The number of aryl methyl sites for hydroxylation is 1. The Morgan fingerprint density at radius 2 is 2.05 bits per heavy atom. The lowest BCUT2D eigenvalue weighted by atomic mass is 9.93. The van der Waals surface area contributed by atoms with E-state index in [0.29, 0.717) is 12.0 Å². The number of para-hydroxylation sites is 1. The summed E-state index contributed by atoms with van der Waals surface area (Å²) in [6.45, 7) is 5.34. The molecule has 1 aromatic carbocycles. The first-order valence-electron chi connectivity index (χ1n) is 7.66. The van der Waals surface area contributed by atoms with Crippen molar-refractivity contribution in [1.82, 2.24) is 9.47 Å². The number of fused-ring (bicyclic) bond motifs is 1. The molecule has 2 heterocycles. The number of hydrogen-bond donors (Lipinski definition) is 1. The molecule has 2 atom stereocenters. The van der Waals surface area contributed by atoms with Crippen molar-refractivity contribution in [2.24, 2.45) is 18.7 Å². The first kappa shape index (κ1) is 13.7. The van der Waals surface area contributed by atoms with Crippen molar-refractivity contribution in [2.45, 2.75) is 32.4 Å². The second-order valence-corrected chi connectivity index (χ2v) is 6.24. The fourth-order valence-corrected chi connectivity index (χ4v) is 3.45. The Labute approximate surface area is 121 Å². The monoisotopic (exact) mass is 271 g/mol. The molecule has 0 radical (unpaired) electrons. The number of likely N-dealkylation sites (tertiary alicyclic amines) is 1. The molecule has 3 nitrogen and oxygen atoms in total. The van der Waals surface area contributed by atoms with Gasteiger partial charge in [-0.25, -0.2) is 0 Å². The van der Waals surface area contributed by atoms with Crippen LogP contribution >= 0.6 is 0 Å². The molecule has 0 saturated carbocycles. The molecular formula is C17H25N3. The summed E-state index contributed by atoms with van der Waals surface area (Å²) in [5, 5.41) is 1.39. The van der Waals surface area contributed by atoms with Crippen molar-refractivity contribution in [3.05, 3.63) is 36.0 Å². The van der Waals surface area contributed by atoms with Crippen molar-refractivity contribution in [3.8, 4) is 0 Å². The first-order valence-corrected chi connectivity index (χ1v) is 7.66. The average Bonchev–Trinajstić information content (AvgIpc) is 2.78. The number of piperidine rings is 1. The maximum absolute atomic E-state index is 5.87. The van der Waals surface area contributed by atoms with Gasteiger partial charge in [0.2, 0.25) is 0 Å². The highest BCUT2D eigenvalue weighted by molar-refractivity contribution is 5.83. The summed E-state index contributed by atoms with van der Waals surface area (Å²) in [5.74, 6) is 0.668. The van der Waals surface area contributed by atoms with E-state index in [-0.39, 0.29) is 0 Å². The molecule has 0 bridgehead atoms. The third-order valence-electron chi connectivity index (χ3n) is 4.79. The number of rotatable bonds is 3. The molecule has 3 rings (SSSR count). The van der Waals surface area contributed by atoms with Crippen molar-refractivity contribution in [1.29, 1.82) is 0 Å². The minimum Gasteiger partial charge on any atom is -0.350 e. The van der Waals surface area contributed by atoms with E-state index >= 15 is 0 Å². The Morgan fingerprint density at radius 3 is 2.85 bits per heavy atom. The van der Waals surface area contributed by atoms with Crippen LogP contribution in [0.4, 0.5) is 0 Å². The number of hydrogen-bond acceptors (Lipinski definition) is 2. The summed E-state index contributed by atoms with van der Waals surface area (Å²) in [7, 11) is 2.13. The smallest absolute Gasteiger partial charge is 0.0481 e. The van der Waals surface area contributed by atoms with Crippen LogP contribution < -0.4 is 5.73 Å². The molecule has 1 aliphatic heterocycles. The molecular weight excluding hydrogens is 246 g/mol. The van der Waals surface area contributed by atoms with Crippen molar-refractivity contribution < 1.29 is 0 Å². The lowest BCUT2D eigenvalue weighted by Crippen LogP contribution is -2.43. The molecule has 2 N–H and O–H groups in total. The van der Waals surface area contributed by atoms with E-state index in [4.69, 9.17) is 5.73 Å². The van der Waals surface area contributed by atoms with Gasteiger partial charge < -0.3 is 10.3 Å². The normalized spacial score (nSPS) is 24.4. The van der Waals surface area contributed by atoms with Gasteiger partial charge >= 0.3 is 0 Å². The molecule has 108 valence electrons. The zero-order chi connectivity index (χ0) is 14.1. The van der Waals surface area contributed by atoms with Crippen LogP contribution in [0, 0.1) is 5.92 Å². The fraction of sp³-hybridized carbons (Fsp3) is 0.529. The molecule has 3 heteroatoms. The van der Waals surface area contributed by atoms with Crippen LogP contribution in [-0.2, 0) is 13.6 Å². The topological polar surface area (TPSA) is 34.2 Å². The molecule has 0 amide bonds. The van der Waals surface area contributed by atoms with Crippen molar-refractivity contribution >= 4 is 10.9 Å². The summed E-state index contributed by atoms with van der Waals surface area (Å²) < 4.78 is 2.24. The maximum atomic E-state index is 5.87. The van der Waals surface area contributed by atoms with E-state index in [1.807, 2.05) is 0 Å². The molecule has 1 aliphatic rings. The first-order chi connectivity index (χ1) is 9.69. The van der Waals surface area contributed by atoms with Crippen LogP contribution in [0.2, 0.25) is 0 Å². The van der Waals surface area contributed by atoms with Gasteiger partial charge in [0.15, 0.2) is 0 Å². The third-order valence-corrected chi connectivity index (χ3v) is 4.79. The summed E-state index contributed by atoms with van der Waals surface area (Å²) in [6, 6.07) is 9.34. The van der Waals surface area contributed by atoms with E-state index in [1.54, 1.807) is 0 Å². The van der Waals surface area contributed by atoms with E-state index in [2.05, 4.69) is 53.9 Å². The third kappa shape index (κ3) is 2.48. The van der Waals surface area contributed by atoms with Gasteiger partial charge in [-0.3, -0.25) is 4.90 Å². The Balaban J connectivity index is 1.85. The second kappa shape index (κ2) is 5.58. The van der Waals surface area contributed by atoms with Crippen LogP contribution in [0.3, 0.4) is 0 Å². The van der Waals surface area contributed by atoms with Gasteiger partial charge in [-0.2, -0.15) is 0 Å². The summed E-state index contributed by atoms with van der Waals surface area (Å²) in [5.41, 5.74) is 8.63. The average molecular weight is 271 g/mol. The lowest BCUT2D eigenvalue weighted by Gasteiger charge is -2.37. The molecule has 0 spiro atoms. The number of nitrogens with zero attached hydrogens (tertiary/aromatic N) is 2. The van der Waals surface area contributed by atoms with Crippen LogP contribution in [0.5, 0.6) is 0 Å². The van der Waals surface area contributed by atoms with Crippen LogP contribution in [0.1, 0.15) is 25.3 Å². The zero-order valence-electron chi connectivity index (χ0n) is 12.5. The minimum atomic E-state index is 0.664. The molecule has 2 aromatic rings. The number of nitrogens with two attached hydrogens (primary N) is 1. The molecule has 0 aliphatic carbocycles. The Morgan fingerprint density at radius 1 is 1.25 bits per heavy atom. The highest BCUT2D eigenvalue weighted by atomic mass is 15.2. The standard InChI is InChI=1S/C17H25N3/c1-13-7-8-14(9-18)10-20(13)12-15-11-19(2)17-6-4-3-5-16(15)17/h3-6,11,13-14H,7-10,12,18H2,1-2H3. The Kier molecular flexibility index (Phi) is 3.81. The van der Waals surface area contributed by atoms with E-state index < -0.39 is 0 Å². The van der Waals surface area contributed by atoms with Crippen molar-refractivity contribution in [3.63, 3.8) is 0 Å². The predicted molar refractivity (Wildman–Crippen MR) is 84.6 cm³/mol. The Bertz CT molecular complexity index is 587. The van der Waals surface area contributed by atoms with Crippen LogP contribution in [0.25, 0.3) is 10.9 Å². The summed E-state index contributed by atoms with van der Waals surface area (Å²) >= 11 is 0. The van der Waals surface area contributed by atoms with Gasteiger partial charge in [0.25, 0.3) is 0 Å².